The van der Waals surface area contributed by atoms with Crippen LogP contribution in [0, 0.1) is 0 Å². The van der Waals surface area contributed by atoms with E-state index in [1.807, 2.05) is 0 Å². The Morgan fingerprint density at radius 1 is 1.42 bits per heavy atom. The van der Waals surface area contributed by atoms with Crippen molar-refractivity contribution in [1.82, 2.24) is 3.11 Å². The largest absolute Gasteiger partial charge is 0.247 e. The van der Waals surface area contributed by atoms with Crippen molar-refractivity contribution in [1.29, 1.82) is 0 Å². The molecule has 0 aromatic rings. The standard InChI is InChI=1S/C9H18INS/c1-2-3-8-12-9-4-6-11(10)7-5-9/h9H,2-8H2,1H3. The van der Waals surface area contributed by atoms with Gasteiger partial charge in [-0.2, -0.15) is 11.8 Å². The predicted molar refractivity (Wildman–Crippen MR) is 66.0 cm³/mol. The summed E-state index contributed by atoms with van der Waals surface area (Å²) in [5.41, 5.74) is 0. The third-order valence-corrected chi connectivity index (χ3v) is 4.67. The number of hydrogen-bond acceptors (Lipinski definition) is 2. The van der Waals surface area contributed by atoms with E-state index in [2.05, 4.69) is 44.7 Å². The van der Waals surface area contributed by atoms with Crippen molar-refractivity contribution in [2.24, 2.45) is 0 Å². The van der Waals surface area contributed by atoms with Crippen LogP contribution in [0.15, 0.2) is 0 Å². The first kappa shape index (κ1) is 11.1. The summed E-state index contributed by atoms with van der Waals surface area (Å²) in [6, 6.07) is 0. The first-order chi connectivity index (χ1) is 5.83. The van der Waals surface area contributed by atoms with E-state index in [4.69, 9.17) is 0 Å². The lowest BCUT2D eigenvalue weighted by molar-refractivity contribution is 0.415. The number of thioether (sulfide) groups is 1. The monoisotopic (exact) mass is 299 g/mol. The molecule has 1 aliphatic heterocycles. The highest BCUT2D eigenvalue weighted by molar-refractivity contribution is 14.1. The van der Waals surface area contributed by atoms with Gasteiger partial charge in [-0.05, 0) is 25.0 Å². The molecule has 0 saturated carbocycles. The summed E-state index contributed by atoms with van der Waals surface area (Å²) >= 11 is 4.63. The Balaban J connectivity index is 2.01. The van der Waals surface area contributed by atoms with Gasteiger partial charge in [0, 0.05) is 41.2 Å². The molecule has 0 aliphatic carbocycles. The van der Waals surface area contributed by atoms with Gasteiger partial charge in [0.25, 0.3) is 0 Å². The van der Waals surface area contributed by atoms with Crippen molar-refractivity contribution < 1.29 is 0 Å². The van der Waals surface area contributed by atoms with Crippen LogP contribution in [0.1, 0.15) is 32.6 Å². The molecule has 0 radical (unpaired) electrons. The van der Waals surface area contributed by atoms with Gasteiger partial charge in [0.15, 0.2) is 0 Å². The summed E-state index contributed by atoms with van der Waals surface area (Å²) in [6.07, 6.45) is 5.54. The highest BCUT2D eigenvalue weighted by Crippen LogP contribution is 2.25. The average Bonchev–Trinajstić information content (AvgIpc) is 2.09. The normalized spacial score (nSPS) is 21.5. The van der Waals surface area contributed by atoms with Crippen molar-refractivity contribution in [3.8, 4) is 0 Å². The molecule has 72 valence electrons. The van der Waals surface area contributed by atoms with E-state index < -0.39 is 0 Å². The fraction of sp³-hybridized carbons (Fsp3) is 1.00. The number of nitrogens with zero attached hydrogens (tertiary/aromatic N) is 1. The van der Waals surface area contributed by atoms with Crippen LogP contribution in [0.2, 0.25) is 0 Å². The lowest BCUT2D eigenvalue weighted by Crippen LogP contribution is -2.27. The molecule has 1 aliphatic rings. The van der Waals surface area contributed by atoms with Crippen LogP contribution in [0.4, 0.5) is 0 Å². The summed E-state index contributed by atoms with van der Waals surface area (Å²) in [5.74, 6) is 1.38. The van der Waals surface area contributed by atoms with Gasteiger partial charge >= 0.3 is 0 Å². The molecule has 12 heavy (non-hydrogen) atoms. The molecule has 1 nitrogen and oxygen atoms in total. The Hall–Kier alpha value is 1.04. The SMILES string of the molecule is CCCCSC1CCN(I)CC1. The molecule has 1 fully saturated rings. The van der Waals surface area contributed by atoms with Gasteiger partial charge in [-0.25, -0.2) is 3.11 Å². The van der Waals surface area contributed by atoms with Crippen LogP contribution in [-0.4, -0.2) is 27.2 Å². The molecule has 1 heterocycles. The predicted octanol–water partition coefficient (Wildman–Crippen LogP) is 3.33. The van der Waals surface area contributed by atoms with Gasteiger partial charge in [0.2, 0.25) is 0 Å². The summed E-state index contributed by atoms with van der Waals surface area (Å²) < 4.78 is 2.41. The van der Waals surface area contributed by atoms with Crippen LogP contribution in [0.3, 0.4) is 0 Å². The second kappa shape index (κ2) is 6.49. The van der Waals surface area contributed by atoms with Gasteiger partial charge in [0.05, 0.1) is 0 Å². The highest BCUT2D eigenvalue weighted by atomic mass is 127. The molecule has 0 N–H and O–H groups in total. The lowest BCUT2D eigenvalue weighted by atomic mass is 10.2. The summed E-state index contributed by atoms with van der Waals surface area (Å²) in [5, 5.41) is 0.961. The Bertz CT molecular complexity index is 113. The van der Waals surface area contributed by atoms with Crippen LogP contribution >= 0.6 is 34.6 Å². The summed E-state index contributed by atoms with van der Waals surface area (Å²) in [4.78, 5) is 0. The Kier molecular flexibility index (Phi) is 6.01. The fourth-order valence-electron chi connectivity index (χ4n) is 1.39. The summed E-state index contributed by atoms with van der Waals surface area (Å²) in [7, 11) is 0. The van der Waals surface area contributed by atoms with E-state index in [9.17, 15) is 0 Å². The maximum Gasteiger partial charge on any atom is 0.0201 e. The molecular formula is C9H18INS. The lowest BCUT2D eigenvalue weighted by Gasteiger charge is -2.26. The third kappa shape index (κ3) is 4.33. The maximum atomic E-state index is 2.44. The second-order valence-corrected chi connectivity index (χ2v) is 6.11. The molecule has 0 spiro atoms. The van der Waals surface area contributed by atoms with Crippen LogP contribution < -0.4 is 0 Å². The molecule has 3 heteroatoms. The molecule has 0 aromatic carbocycles. The first-order valence-electron chi connectivity index (χ1n) is 4.85. The number of rotatable bonds is 4. The zero-order chi connectivity index (χ0) is 8.81. The quantitative estimate of drug-likeness (QED) is 0.445. The van der Waals surface area contributed by atoms with E-state index in [-0.39, 0.29) is 0 Å². The first-order valence-corrected chi connectivity index (χ1v) is 6.86. The van der Waals surface area contributed by atoms with Crippen molar-refractivity contribution in [2.75, 3.05) is 18.8 Å². The van der Waals surface area contributed by atoms with E-state index in [0.29, 0.717) is 0 Å². The molecular weight excluding hydrogens is 281 g/mol. The number of halogens is 1. The topological polar surface area (TPSA) is 3.24 Å². The molecule has 0 bridgehead atoms. The van der Waals surface area contributed by atoms with Crippen LogP contribution in [0.25, 0.3) is 0 Å². The Morgan fingerprint density at radius 3 is 2.67 bits per heavy atom. The second-order valence-electron chi connectivity index (χ2n) is 3.33. The fourth-order valence-corrected chi connectivity index (χ4v) is 3.28. The highest BCUT2D eigenvalue weighted by Gasteiger charge is 2.16. The van der Waals surface area contributed by atoms with Gasteiger partial charge in [0.1, 0.15) is 0 Å². The smallest absolute Gasteiger partial charge is 0.0201 e. The maximum absolute atomic E-state index is 2.44. The van der Waals surface area contributed by atoms with Gasteiger partial charge < -0.3 is 0 Å². The number of piperidine rings is 1. The molecule has 1 saturated heterocycles. The zero-order valence-electron chi connectivity index (χ0n) is 7.76. The number of hydrogen-bond donors (Lipinski definition) is 0. The van der Waals surface area contributed by atoms with Crippen molar-refractivity contribution in [3.63, 3.8) is 0 Å². The third-order valence-electron chi connectivity index (χ3n) is 2.24. The van der Waals surface area contributed by atoms with Gasteiger partial charge in [-0.15, -0.1) is 0 Å². The van der Waals surface area contributed by atoms with Crippen LogP contribution in [0.5, 0.6) is 0 Å². The van der Waals surface area contributed by atoms with Crippen LogP contribution in [-0.2, 0) is 0 Å². The average molecular weight is 299 g/mol. The molecule has 0 unspecified atom stereocenters. The van der Waals surface area contributed by atoms with Gasteiger partial charge in [-0.3, -0.25) is 0 Å². The van der Waals surface area contributed by atoms with E-state index >= 15 is 0 Å². The minimum absolute atomic E-state index is 0.961. The van der Waals surface area contributed by atoms with Crippen molar-refractivity contribution in [2.45, 2.75) is 37.9 Å². The van der Waals surface area contributed by atoms with Crippen molar-refractivity contribution >= 4 is 34.6 Å². The minimum atomic E-state index is 0.961. The Morgan fingerprint density at radius 2 is 2.08 bits per heavy atom. The zero-order valence-corrected chi connectivity index (χ0v) is 10.7. The molecule has 1 rings (SSSR count). The molecule has 0 atom stereocenters. The van der Waals surface area contributed by atoms with Crippen molar-refractivity contribution in [3.05, 3.63) is 0 Å². The molecule has 0 aromatic heterocycles. The Labute approximate surface area is 94.2 Å². The summed E-state index contributed by atoms with van der Waals surface area (Å²) in [6.45, 7) is 4.86. The van der Waals surface area contributed by atoms with Gasteiger partial charge in [-0.1, -0.05) is 13.3 Å². The minimum Gasteiger partial charge on any atom is -0.247 e. The van der Waals surface area contributed by atoms with E-state index in [0.717, 1.165) is 5.25 Å². The molecule has 0 amide bonds. The number of unbranched alkanes of at least 4 members (excludes halogenated alkanes) is 1. The van der Waals surface area contributed by atoms with E-state index in [1.165, 1.54) is 44.5 Å². The van der Waals surface area contributed by atoms with E-state index in [1.54, 1.807) is 0 Å².